The maximum Gasteiger partial charge on any atom is 0.334 e. The van der Waals surface area contributed by atoms with Gasteiger partial charge in [0.1, 0.15) is 0 Å². The van der Waals surface area contributed by atoms with Crippen LogP contribution in [-0.4, -0.2) is 80.8 Å². The molecule has 3 aromatic rings. The molecule has 2 fully saturated rings. The summed E-state index contributed by atoms with van der Waals surface area (Å²) in [6.45, 7) is 3.03. The Kier molecular flexibility index (Phi) is 6.23. The van der Waals surface area contributed by atoms with Gasteiger partial charge >= 0.3 is 6.55 Å². The first-order valence-electron chi connectivity index (χ1n) is 10.8. The summed E-state index contributed by atoms with van der Waals surface area (Å²) in [5.41, 5.74) is 1.28. The van der Waals surface area contributed by atoms with Gasteiger partial charge < -0.3 is 20.1 Å². The van der Waals surface area contributed by atoms with Crippen LogP contribution in [0.15, 0.2) is 24.5 Å². The summed E-state index contributed by atoms with van der Waals surface area (Å²) in [6, 6.07) is 3.69. The van der Waals surface area contributed by atoms with Crippen molar-refractivity contribution in [3.05, 3.63) is 34.7 Å². The number of alkyl halides is 2. The molecule has 2 aliphatic rings. The Morgan fingerprint density at radius 1 is 1.21 bits per heavy atom. The molecule has 1 aromatic carbocycles. The topological polar surface area (TPSA) is 91.6 Å². The van der Waals surface area contributed by atoms with Crippen LogP contribution in [0.25, 0.3) is 10.9 Å². The van der Waals surface area contributed by atoms with Gasteiger partial charge in [0.15, 0.2) is 5.15 Å². The minimum absolute atomic E-state index is 0.179. The van der Waals surface area contributed by atoms with Gasteiger partial charge in [-0.1, -0.05) is 23.2 Å². The molecule has 5 rings (SSSR count). The quantitative estimate of drug-likeness (QED) is 0.535. The maximum atomic E-state index is 12.9. The van der Waals surface area contributed by atoms with Crippen molar-refractivity contribution < 1.29 is 18.6 Å². The number of fused-ring (bicyclic) bond motifs is 1. The zero-order valence-corrected chi connectivity index (χ0v) is 19.8. The zero-order chi connectivity index (χ0) is 24.0. The molecule has 0 aliphatic carbocycles. The smallest absolute Gasteiger partial charge is 0.334 e. The second kappa shape index (κ2) is 9.04. The van der Waals surface area contributed by atoms with Gasteiger partial charge in [-0.3, -0.25) is 4.90 Å². The van der Waals surface area contributed by atoms with E-state index in [1.165, 1.54) is 6.20 Å². The molecule has 4 heterocycles. The highest BCUT2D eigenvalue weighted by molar-refractivity contribution is 6.34. The SMILES string of the molecule is CC1(N2CCN(c3cc4nc(Nc5cnn(C(F)F)c5Cl)ncc4cc3Cl)CC2)COCC1O. The van der Waals surface area contributed by atoms with Crippen molar-refractivity contribution in [1.29, 1.82) is 0 Å². The molecule has 13 heteroatoms. The number of aromatic nitrogens is 4. The number of hydrogen-bond acceptors (Lipinski definition) is 8. The molecule has 0 saturated carbocycles. The average Bonchev–Trinajstić information content (AvgIpc) is 3.36. The van der Waals surface area contributed by atoms with Crippen molar-refractivity contribution in [3.8, 4) is 0 Å². The number of aliphatic hydroxyl groups excluding tert-OH is 1. The van der Waals surface area contributed by atoms with Gasteiger partial charge in [0.05, 0.1) is 53.0 Å². The number of aliphatic hydroxyl groups is 1. The lowest BCUT2D eigenvalue weighted by molar-refractivity contribution is 0.00884. The molecule has 0 spiro atoms. The van der Waals surface area contributed by atoms with E-state index in [1.54, 1.807) is 12.3 Å². The van der Waals surface area contributed by atoms with Crippen molar-refractivity contribution in [2.24, 2.45) is 0 Å². The number of hydrogen-bond donors (Lipinski definition) is 2. The van der Waals surface area contributed by atoms with Crippen LogP contribution in [0.2, 0.25) is 10.2 Å². The van der Waals surface area contributed by atoms with E-state index >= 15 is 0 Å². The monoisotopic (exact) mass is 513 g/mol. The van der Waals surface area contributed by atoms with E-state index < -0.39 is 12.7 Å². The number of nitrogens with one attached hydrogen (secondary N) is 1. The Bertz CT molecular complexity index is 1210. The Labute approximate surface area is 204 Å². The minimum Gasteiger partial charge on any atom is -0.389 e. The lowest BCUT2D eigenvalue weighted by atomic mass is 9.95. The summed E-state index contributed by atoms with van der Waals surface area (Å²) < 4.78 is 31.7. The molecule has 2 aliphatic heterocycles. The summed E-state index contributed by atoms with van der Waals surface area (Å²) in [5.74, 6) is 0.199. The second-order valence-corrected chi connectivity index (χ2v) is 9.38. The summed E-state index contributed by atoms with van der Waals surface area (Å²) in [6.07, 6.45) is 2.29. The van der Waals surface area contributed by atoms with Crippen LogP contribution in [-0.2, 0) is 4.74 Å². The van der Waals surface area contributed by atoms with Crippen molar-refractivity contribution in [3.63, 3.8) is 0 Å². The summed E-state index contributed by atoms with van der Waals surface area (Å²) in [4.78, 5) is 13.2. The predicted molar refractivity (Wildman–Crippen MR) is 125 cm³/mol. The van der Waals surface area contributed by atoms with Crippen LogP contribution in [0.5, 0.6) is 0 Å². The number of anilines is 3. The van der Waals surface area contributed by atoms with E-state index in [0.717, 1.165) is 37.3 Å². The largest absolute Gasteiger partial charge is 0.389 e. The molecule has 2 atom stereocenters. The zero-order valence-electron chi connectivity index (χ0n) is 18.3. The predicted octanol–water partition coefficient (Wildman–Crippen LogP) is 3.54. The first kappa shape index (κ1) is 23.4. The number of benzene rings is 1. The highest BCUT2D eigenvalue weighted by Crippen LogP contribution is 2.34. The number of rotatable bonds is 5. The molecule has 0 bridgehead atoms. The van der Waals surface area contributed by atoms with Crippen molar-refractivity contribution in [2.75, 3.05) is 49.6 Å². The van der Waals surface area contributed by atoms with Crippen LogP contribution in [0.3, 0.4) is 0 Å². The third-order valence-electron chi connectivity index (χ3n) is 6.55. The molecule has 9 nitrogen and oxygen atoms in total. The molecule has 2 N–H and O–H groups in total. The van der Waals surface area contributed by atoms with Crippen LogP contribution in [0, 0.1) is 0 Å². The average molecular weight is 514 g/mol. The Hall–Kier alpha value is -2.31. The number of piperazine rings is 1. The van der Waals surface area contributed by atoms with Crippen LogP contribution in [0.4, 0.5) is 26.1 Å². The molecule has 34 heavy (non-hydrogen) atoms. The Balaban J connectivity index is 1.35. The first-order valence-corrected chi connectivity index (χ1v) is 11.5. The van der Waals surface area contributed by atoms with E-state index in [1.807, 2.05) is 13.0 Å². The molecule has 0 amide bonds. The first-order chi connectivity index (χ1) is 16.3. The van der Waals surface area contributed by atoms with Gasteiger partial charge in [-0.15, -0.1) is 0 Å². The fourth-order valence-corrected chi connectivity index (χ4v) is 4.95. The van der Waals surface area contributed by atoms with E-state index in [4.69, 9.17) is 27.9 Å². The van der Waals surface area contributed by atoms with Gasteiger partial charge in [-0.25, -0.2) is 9.97 Å². The van der Waals surface area contributed by atoms with Gasteiger partial charge in [0.2, 0.25) is 5.95 Å². The number of ether oxygens (including phenoxy) is 1. The third kappa shape index (κ3) is 4.16. The molecule has 2 aromatic heterocycles. The van der Waals surface area contributed by atoms with Crippen LogP contribution >= 0.6 is 23.2 Å². The van der Waals surface area contributed by atoms with Crippen molar-refractivity contribution >= 4 is 51.4 Å². The Morgan fingerprint density at radius 2 is 1.97 bits per heavy atom. The number of nitrogens with zero attached hydrogens (tertiary/aromatic N) is 6. The van der Waals surface area contributed by atoms with Crippen LogP contribution in [0.1, 0.15) is 13.5 Å². The third-order valence-corrected chi connectivity index (χ3v) is 7.22. The number of halogens is 4. The fraction of sp³-hybridized carbons (Fsp3) is 0.476. The minimum atomic E-state index is -2.85. The Morgan fingerprint density at radius 3 is 2.62 bits per heavy atom. The van der Waals surface area contributed by atoms with Gasteiger partial charge in [0, 0.05) is 37.8 Å². The molecule has 182 valence electrons. The lowest BCUT2D eigenvalue weighted by Gasteiger charge is -2.45. The van der Waals surface area contributed by atoms with Gasteiger partial charge in [-0.2, -0.15) is 18.6 Å². The summed E-state index contributed by atoms with van der Waals surface area (Å²) in [5, 5.41) is 17.9. The van der Waals surface area contributed by atoms with Crippen molar-refractivity contribution in [2.45, 2.75) is 25.1 Å². The van der Waals surface area contributed by atoms with E-state index in [9.17, 15) is 13.9 Å². The van der Waals surface area contributed by atoms with E-state index in [-0.39, 0.29) is 22.3 Å². The lowest BCUT2D eigenvalue weighted by Crippen LogP contribution is -2.60. The highest BCUT2D eigenvalue weighted by atomic mass is 35.5. The molecule has 0 radical (unpaired) electrons. The standard InChI is InChI=1S/C21H23Cl2F2N7O2/c1-21(11-34-10-17(21)33)31-4-2-30(3-5-31)16-7-14-12(6-13(16)22)8-26-20(28-14)29-15-9-27-32(18(15)23)19(24)25/h6-9,17,19,33H,2-5,10-11H2,1H3,(H,26,28,29). The second-order valence-electron chi connectivity index (χ2n) is 8.61. The molecule has 2 saturated heterocycles. The summed E-state index contributed by atoms with van der Waals surface area (Å²) in [7, 11) is 0. The van der Waals surface area contributed by atoms with Crippen LogP contribution < -0.4 is 10.2 Å². The highest BCUT2D eigenvalue weighted by Gasteiger charge is 2.44. The summed E-state index contributed by atoms with van der Waals surface area (Å²) >= 11 is 12.6. The van der Waals surface area contributed by atoms with E-state index in [0.29, 0.717) is 28.4 Å². The fourth-order valence-electron chi connectivity index (χ4n) is 4.44. The van der Waals surface area contributed by atoms with Gasteiger partial charge in [-0.05, 0) is 19.1 Å². The molecule has 2 unspecified atom stereocenters. The normalized spacial score (nSPS) is 23.9. The molecular formula is C21H23Cl2F2N7O2. The maximum absolute atomic E-state index is 12.9. The van der Waals surface area contributed by atoms with Gasteiger partial charge in [0.25, 0.3) is 0 Å². The van der Waals surface area contributed by atoms with E-state index in [2.05, 4.69) is 30.2 Å². The van der Waals surface area contributed by atoms with Crippen molar-refractivity contribution in [1.82, 2.24) is 24.6 Å². The molecular weight excluding hydrogens is 491 g/mol.